The molecule has 0 aliphatic heterocycles. The van der Waals surface area contributed by atoms with Crippen molar-refractivity contribution in [1.29, 1.82) is 0 Å². The Kier molecular flexibility index (Phi) is 5.32. The van der Waals surface area contributed by atoms with Crippen LogP contribution >= 0.6 is 0 Å². The summed E-state index contributed by atoms with van der Waals surface area (Å²) in [6.45, 7) is 2.25. The molecular formula is C20H16F4N2O3. The number of amides is 1. The zero-order valence-corrected chi connectivity index (χ0v) is 15.4. The van der Waals surface area contributed by atoms with Crippen molar-refractivity contribution in [3.63, 3.8) is 0 Å². The number of aromatic nitrogens is 1. The largest absolute Gasteiger partial charge is 0.497 e. The first-order valence-corrected chi connectivity index (χ1v) is 8.55. The molecule has 0 radical (unpaired) electrons. The predicted octanol–water partition coefficient (Wildman–Crippen LogP) is 4.44. The van der Waals surface area contributed by atoms with E-state index in [4.69, 9.17) is 4.74 Å². The molecule has 0 bridgehead atoms. The summed E-state index contributed by atoms with van der Waals surface area (Å²) in [6, 6.07) is 6.91. The molecule has 1 amide bonds. The number of benzene rings is 2. The minimum atomic E-state index is -4.92. The van der Waals surface area contributed by atoms with E-state index in [-0.39, 0.29) is 16.6 Å². The van der Waals surface area contributed by atoms with Crippen LogP contribution in [0.15, 0.2) is 47.4 Å². The summed E-state index contributed by atoms with van der Waals surface area (Å²) in [7, 11) is 1.43. The van der Waals surface area contributed by atoms with Gasteiger partial charge >= 0.3 is 6.18 Å². The van der Waals surface area contributed by atoms with Crippen LogP contribution < -0.4 is 15.5 Å². The molecule has 0 aliphatic carbocycles. The average molecular weight is 408 g/mol. The average Bonchev–Trinajstić information content (AvgIpc) is 2.68. The van der Waals surface area contributed by atoms with E-state index in [1.165, 1.54) is 19.4 Å². The summed E-state index contributed by atoms with van der Waals surface area (Å²) in [6.07, 6.45) is -3.58. The third kappa shape index (κ3) is 3.94. The second-order valence-electron chi connectivity index (χ2n) is 6.19. The van der Waals surface area contributed by atoms with Gasteiger partial charge in [-0.2, -0.15) is 13.2 Å². The van der Waals surface area contributed by atoms with Crippen molar-refractivity contribution in [2.24, 2.45) is 0 Å². The lowest BCUT2D eigenvalue weighted by molar-refractivity contribution is -0.139. The van der Waals surface area contributed by atoms with E-state index in [9.17, 15) is 27.2 Å². The number of fused-ring (bicyclic) bond motifs is 1. The summed E-state index contributed by atoms with van der Waals surface area (Å²) in [5.41, 5.74) is -2.07. The Morgan fingerprint density at radius 1 is 1.17 bits per heavy atom. The van der Waals surface area contributed by atoms with Gasteiger partial charge in [0.1, 0.15) is 17.1 Å². The van der Waals surface area contributed by atoms with Gasteiger partial charge in [-0.05, 0) is 43.3 Å². The number of halogens is 4. The molecule has 1 N–H and O–H groups in total. The van der Waals surface area contributed by atoms with E-state index < -0.39 is 28.9 Å². The highest BCUT2D eigenvalue weighted by atomic mass is 19.4. The molecule has 0 spiro atoms. The lowest BCUT2D eigenvalue weighted by Crippen LogP contribution is -2.24. The lowest BCUT2D eigenvalue weighted by Gasteiger charge is -2.14. The first kappa shape index (κ1) is 20.4. The highest BCUT2D eigenvalue weighted by molar-refractivity contribution is 6.05. The number of alkyl halides is 3. The maximum Gasteiger partial charge on any atom is 0.419 e. The number of carbonyl (C=O) groups is 1. The van der Waals surface area contributed by atoms with Gasteiger partial charge in [0, 0.05) is 18.4 Å². The normalized spacial score (nSPS) is 11.5. The predicted molar refractivity (Wildman–Crippen MR) is 99.8 cm³/mol. The first-order chi connectivity index (χ1) is 13.7. The molecule has 0 saturated heterocycles. The van der Waals surface area contributed by atoms with E-state index in [1.807, 2.05) is 6.92 Å². The van der Waals surface area contributed by atoms with Gasteiger partial charge in [0.25, 0.3) is 5.91 Å². The molecule has 152 valence electrons. The van der Waals surface area contributed by atoms with Crippen LogP contribution in [0.5, 0.6) is 5.75 Å². The minimum absolute atomic E-state index is 0.230. The van der Waals surface area contributed by atoms with Crippen LogP contribution in [0.25, 0.3) is 10.9 Å². The number of methoxy groups -OCH3 is 1. The number of ether oxygens (including phenoxy) is 1. The fourth-order valence-corrected chi connectivity index (χ4v) is 2.95. The van der Waals surface area contributed by atoms with Gasteiger partial charge in [-0.1, -0.05) is 0 Å². The Morgan fingerprint density at radius 3 is 2.52 bits per heavy atom. The number of pyridine rings is 1. The van der Waals surface area contributed by atoms with Gasteiger partial charge in [-0.25, -0.2) is 4.39 Å². The van der Waals surface area contributed by atoms with Crippen molar-refractivity contribution < 1.29 is 27.1 Å². The van der Waals surface area contributed by atoms with Crippen molar-refractivity contribution in [3.8, 4) is 5.75 Å². The molecule has 0 saturated carbocycles. The monoisotopic (exact) mass is 408 g/mol. The number of aryl methyl sites for hydroxylation is 1. The third-order valence-electron chi connectivity index (χ3n) is 4.40. The van der Waals surface area contributed by atoms with Gasteiger partial charge in [0.2, 0.25) is 5.43 Å². The Morgan fingerprint density at radius 2 is 1.90 bits per heavy atom. The fourth-order valence-electron chi connectivity index (χ4n) is 2.95. The minimum Gasteiger partial charge on any atom is -0.497 e. The maximum atomic E-state index is 13.4. The van der Waals surface area contributed by atoms with Gasteiger partial charge in [0.05, 0.1) is 23.6 Å². The van der Waals surface area contributed by atoms with Gasteiger partial charge in [0.15, 0.2) is 0 Å². The van der Waals surface area contributed by atoms with Gasteiger partial charge in [-0.15, -0.1) is 0 Å². The fraction of sp³-hybridized carbons (Fsp3) is 0.200. The number of hydrogen-bond donors (Lipinski definition) is 1. The number of nitrogens with one attached hydrogen (secondary N) is 1. The standard InChI is InChI=1S/C20H16F4N2O3/c1-3-26-10-14(18(27)13-9-12(29-2)5-7-17(13)26)19(28)25-11-4-6-16(21)15(8-11)20(22,23)24/h4-10H,3H2,1-2H3,(H,25,28). The van der Waals surface area contributed by atoms with Crippen LogP contribution in [0.4, 0.5) is 23.2 Å². The quantitative estimate of drug-likeness (QED) is 0.650. The SMILES string of the molecule is CCn1cc(C(=O)Nc2ccc(F)c(C(F)(F)F)c2)c(=O)c2cc(OC)ccc21. The Balaban J connectivity index is 2.06. The van der Waals surface area contributed by atoms with E-state index in [0.717, 1.165) is 6.07 Å². The van der Waals surface area contributed by atoms with E-state index in [1.54, 1.807) is 16.7 Å². The van der Waals surface area contributed by atoms with Crippen molar-refractivity contribution >= 4 is 22.5 Å². The Bertz CT molecular complexity index is 1150. The zero-order chi connectivity index (χ0) is 21.3. The van der Waals surface area contributed by atoms with Crippen LogP contribution in [0.2, 0.25) is 0 Å². The van der Waals surface area contributed by atoms with Crippen molar-refractivity contribution in [3.05, 3.63) is 69.8 Å². The zero-order valence-electron chi connectivity index (χ0n) is 15.4. The first-order valence-electron chi connectivity index (χ1n) is 8.55. The van der Waals surface area contributed by atoms with E-state index >= 15 is 0 Å². The molecule has 0 atom stereocenters. The molecule has 2 aromatic carbocycles. The number of anilines is 1. The number of hydrogen-bond acceptors (Lipinski definition) is 3. The van der Waals surface area contributed by atoms with Crippen molar-refractivity contribution in [2.45, 2.75) is 19.6 Å². The molecule has 3 aromatic rings. The highest BCUT2D eigenvalue weighted by Crippen LogP contribution is 2.33. The smallest absolute Gasteiger partial charge is 0.419 e. The third-order valence-corrected chi connectivity index (χ3v) is 4.40. The molecule has 5 nitrogen and oxygen atoms in total. The van der Waals surface area contributed by atoms with Gasteiger partial charge < -0.3 is 14.6 Å². The van der Waals surface area contributed by atoms with Crippen LogP contribution in [0.3, 0.4) is 0 Å². The van der Waals surface area contributed by atoms with Gasteiger partial charge in [-0.3, -0.25) is 9.59 Å². The molecule has 1 aromatic heterocycles. The molecule has 9 heteroatoms. The van der Waals surface area contributed by atoms with Crippen LogP contribution in [-0.2, 0) is 12.7 Å². The number of rotatable bonds is 4. The molecule has 0 aliphatic rings. The Hall–Kier alpha value is -3.36. The van der Waals surface area contributed by atoms with Crippen molar-refractivity contribution in [1.82, 2.24) is 4.57 Å². The summed E-state index contributed by atoms with van der Waals surface area (Å²) in [4.78, 5) is 25.4. The second kappa shape index (κ2) is 7.57. The molecule has 29 heavy (non-hydrogen) atoms. The number of nitrogens with zero attached hydrogens (tertiary/aromatic N) is 1. The molecule has 3 rings (SSSR count). The summed E-state index contributed by atoms with van der Waals surface area (Å²) in [5, 5.41) is 2.46. The summed E-state index contributed by atoms with van der Waals surface area (Å²) in [5.74, 6) is -1.94. The summed E-state index contributed by atoms with van der Waals surface area (Å²) < 4.78 is 58.9. The van der Waals surface area contributed by atoms with Crippen LogP contribution in [0.1, 0.15) is 22.8 Å². The molecule has 1 heterocycles. The Labute approximate surface area is 162 Å². The maximum absolute atomic E-state index is 13.4. The van der Waals surface area contributed by atoms with E-state index in [2.05, 4.69) is 5.32 Å². The second-order valence-corrected chi connectivity index (χ2v) is 6.19. The summed E-state index contributed by atoms with van der Waals surface area (Å²) >= 11 is 0. The molecule has 0 unspecified atom stereocenters. The molecule has 0 fully saturated rings. The highest BCUT2D eigenvalue weighted by Gasteiger charge is 2.34. The van der Waals surface area contributed by atoms with E-state index in [0.29, 0.717) is 29.9 Å². The topological polar surface area (TPSA) is 60.3 Å². The number of carbonyl (C=O) groups excluding carboxylic acids is 1. The van der Waals surface area contributed by atoms with Crippen molar-refractivity contribution in [2.75, 3.05) is 12.4 Å². The molecular weight excluding hydrogens is 392 g/mol. The van der Waals surface area contributed by atoms with Crippen LogP contribution in [0, 0.1) is 5.82 Å². The van der Waals surface area contributed by atoms with Crippen LogP contribution in [-0.4, -0.2) is 17.6 Å². The lowest BCUT2D eigenvalue weighted by atomic mass is 10.1.